The van der Waals surface area contributed by atoms with E-state index in [1.807, 2.05) is 32.3 Å². The third-order valence-corrected chi connectivity index (χ3v) is 4.59. The van der Waals surface area contributed by atoms with E-state index in [9.17, 15) is 9.90 Å². The third-order valence-electron chi connectivity index (χ3n) is 4.59. The third kappa shape index (κ3) is 3.28. The topological polar surface area (TPSA) is 76.4 Å². The number of methoxy groups -OCH3 is 1. The Bertz CT molecular complexity index is 735. The number of carbonyl (C=O) groups is 1. The second-order valence-electron chi connectivity index (χ2n) is 6.49. The van der Waals surface area contributed by atoms with Crippen LogP contribution in [0, 0.1) is 12.8 Å². The van der Waals surface area contributed by atoms with Gasteiger partial charge in [0.1, 0.15) is 5.75 Å². The summed E-state index contributed by atoms with van der Waals surface area (Å²) in [6, 6.07) is 5.35. The van der Waals surface area contributed by atoms with E-state index in [0.29, 0.717) is 24.2 Å². The fourth-order valence-electron chi connectivity index (χ4n) is 3.18. The molecular formula is C18H23N3O3. The minimum Gasteiger partial charge on any atom is -0.496 e. The van der Waals surface area contributed by atoms with Crippen LogP contribution in [-0.4, -0.2) is 34.0 Å². The van der Waals surface area contributed by atoms with Crippen LogP contribution in [0.25, 0.3) is 0 Å². The van der Waals surface area contributed by atoms with Gasteiger partial charge in [-0.1, -0.05) is 6.07 Å². The van der Waals surface area contributed by atoms with E-state index >= 15 is 0 Å². The van der Waals surface area contributed by atoms with Gasteiger partial charge in [-0.2, -0.15) is 5.10 Å². The average molecular weight is 329 g/mol. The van der Waals surface area contributed by atoms with Crippen molar-refractivity contribution in [3.05, 3.63) is 47.3 Å². The molecular weight excluding hydrogens is 306 g/mol. The number of aromatic nitrogens is 2. The van der Waals surface area contributed by atoms with Crippen LogP contribution >= 0.6 is 0 Å². The number of hydrogen-bond acceptors (Lipinski definition) is 4. The van der Waals surface area contributed by atoms with Crippen molar-refractivity contribution < 1.29 is 14.6 Å². The van der Waals surface area contributed by atoms with E-state index in [1.54, 1.807) is 24.1 Å². The van der Waals surface area contributed by atoms with Crippen molar-refractivity contribution in [2.75, 3.05) is 7.11 Å². The summed E-state index contributed by atoms with van der Waals surface area (Å²) in [6.45, 7) is 1.96. The van der Waals surface area contributed by atoms with Crippen LogP contribution in [0.3, 0.4) is 0 Å². The Morgan fingerprint density at radius 2 is 2.21 bits per heavy atom. The van der Waals surface area contributed by atoms with E-state index in [4.69, 9.17) is 4.74 Å². The van der Waals surface area contributed by atoms with Gasteiger partial charge in [-0.05, 0) is 43.4 Å². The second-order valence-corrected chi connectivity index (χ2v) is 6.49. The second kappa shape index (κ2) is 6.65. The molecule has 0 aliphatic heterocycles. The number of carbonyl (C=O) groups excluding carboxylic acids is 1. The Kier molecular flexibility index (Phi) is 4.57. The number of aliphatic hydroxyl groups is 1. The Labute approximate surface area is 141 Å². The molecule has 0 unspecified atom stereocenters. The highest BCUT2D eigenvalue weighted by atomic mass is 16.5. The Morgan fingerprint density at radius 1 is 1.46 bits per heavy atom. The molecule has 3 rings (SSSR count). The molecule has 1 heterocycles. The lowest BCUT2D eigenvalue weighted by atomic mass is 9.75. The molecule has 6 heteroatoms. The van der Waals surface area contributed by atoms with Gasteiger partial charge in [0.15, 0.2) is 0 Å². The number of aliphatic hydroxyl groups excluding tert-OH is 1. The molecule has 1 atom stereocenters. The number of aryl methyl sites for hydroxylation is 2. The first-order chi connectivity index (χ1) is 11.5. The Hall–Kier alpha value is -2.34. The predicted molar refractivity (Wildman–Crippen MR) is 89.9 cm³/mol. The first-order valence-corrected chi connectivity index (χ1v) is 8.10. The van der Waals surface area contributed by atoms with E-state index in [-0.39, 0.29) is 24.0 Å². The number of nitrogens with one attached hydrogen (secondary N) is 1. The molecule has 24 heavy (non-hydrogen) atoms. The standard InChI is InChI=1S/C18H23N3O3/c1-11-4-5-15(16(6-11)24-3)18(23)20-17(12-7-14(22)8-12)13-9-19-21(2)10-13/h4-6,9-10,12,14,17,22H,7-8H2,1-3H3,(H,20,23)/t12?,14?,17-/m1/s1. The number of benzene rings is 1. The van der Waals surface area contributed by atoms with Crippen molar-refractivity contribution in [1.82, 2.24) is 15.1 Å². The van der Waals surface area contributed by atoms with E-state index in [0.717, 1.165) is 11.1 Å². The SMILES string of the molecule is COc1cc(C)ccc1C(=O)N[C@@H](c1cnn(C)c1)C1CC(O)C1. The molecule has 1 aromatic carbocycles. The van der Waals surface area contributed by atoms with Crippen molar-refractivity contribution in [2.45, 2.75) is 31.9 Å². The number of hydrogen-bond donors (Lipinski definition) is 2. The van der Waals surface area contributed by atoms with Crippen molar-refractivity contribution in [3.8, 4) is 5.75 Å². The summed E-state index contributed by atoms with van der Waals surface area (Å²) < 4.78 is 7.06. The van der Waals surface area contributed by atoms with E-state index in [1.165, 1.54) is 0 Å². The zero-order valence-electron chi connectivity index (χ0n) is 14.2. The summed E-state index contributed by atoms with van der Waals surface area (Å²) in [5.74, 6) is 0.595. The van der Waals surface area contributed by atoms with Crippen molar-refractivity contribution >= 4 is 5.91 Å². The molecule has 1 amide bonds. The minimum absolute atomic E-state index is 0.166. The molecule has 128 valence electrons. The lowest BCUT2D eigenvalue weighted by Gasteiger charge is -2.37. The molecule has 2 N–H and O–H groups in total. The quantitative estimate of drug-likeness (QED) is 0.879. The molecule has 6 nitrogen and oxygen atoms in total. The van der Waals surface area contributed by atoms with Gasteiger partial charge in [0.25, 0.3) is 5.91 Å². The van der Waals surface area contributed by atoms with Crippen LogP contribution in [0.4, 0.5) is 0 Å². The average Bonchev–Trinajstić information content (AvgIpc) is 2.95. The fourth-order valence-corrected chi connectivity index (χ4v) is 3.18. The van der Waals surface area contributed by atoms with Crippen LogP contribution in [0.15, 0.2) is 30.6 Å². The first-order valence-electron chi connectivity index (χ1n) is 8.10. The lowest BCUT2D eigenvalue weighted by Crippen LogP contribution is -2.41. The van der Waals surface area contributed by atoms with Crippen LogP contribution in [0.5, 0.6) is 5.75 Å². The molecule has 0 radical (unpaired) electrons. The zero-order chi connectivity index (χ0) is 17.3. The van der Waals surface area contributed by atoms with Gasteiger partial charge < -0.3 is 15.2 Å². The highest BCUT2D eigenvalue weighted by molar-refractivity contribution is 5.97. The van der Waals surface area contributed by atoms with E-state index < -0.39 is 0 Å². The maximum absolute atomic E-state index is 12.8. The summed E-state index contributed by atoms with van der Waals surface area (Å²) >= 11 is 0. The van der Waals surface area contributed by atoms with E-state index in [2.05, 4.69) is 10.4 Å². The maximum atomic E-state index is 12.8. The van der Waals surface area contributed by atoms with Crippen molar-refractivity contribution in [3.63, 3.8) is 0 Å². The molecule has 1 aliphatic rings. The van der Waals surface area contributed by atoms with Gasteiger partial charge in [0.05, 0.1) is 31.0 Å². The molecule has 1 saturated carbocycles. The smallest absolute Gasteiger partial charge is 0.255 e. The monoisotopic (exact) mass is 329 g/mol. The lowest BCUT2D eigenvalue weighted by molar-refractivity contribution is 0.0235. The maximum Gasteiger partial charge on any atom is 0.255 e. The first kappa shape index (κ1) is 16.5. The summed E-state index contributed by atoms with van der Waals surface area (Å²) in [6.07, 6.45) is 4.76. The Morgan fingerprint density at radius 3 is 2.79 bits per heavy atom. The molecule has 0 spiro atoms. The molecule has 0 saturated heterocycles. The molecule has 0 bridgehead atoms. The number of rotatable bonds is 5. The molecule has 1 aromatic heterocycles. The van der Waals surface area contributed by atoms with Crippen LogP contribution in [0.2, 0.25) is 0 Å². The number of ether oxygens (including phenoxy) is 1. The zero-order valence-corrected chi connectivity index (χ0v) is 14.2. The largest absolute Gasteiger partial charge is 0.496 e. The fraction of sp³-hybridized carbons (Fsp3) is 0.444. The van der Waals surface area contributed by atoms with Gasteiger partial charge >= 0.3 is 0 Å². The summed E-state index contributed by atoms with van der Waals surface area (Å²) in [5, 5.41) is 16.9. The van der Waals surface area contributed by atoms with Crippen molar-refractivity contribution in [2.24, 2.45) is 13.0 Å². The Balaban J connectivity index is 1.83. The molecule has 2 aromatic rings. The highest BCUT2D eigenvalue weighted by Crippen LogP contribution is 2.38. The van der Waals surface area contributed by atoms with Gasteiger partial charge in [-0.15, -0.1) is 0 Å². The predicted octanol–water partition coefficient (Wildman–Crippen LogP) is 1.98. The number of nitrogens with zero attached hydrogens (tertiary/aromatic N) is 2. The molecule has 1 aliphatic carbocycles. The number of amides is 1. The highest BCUT2D eigenvalue weighted by Gasteiger charge is 2.36. The normalized spacial score (nSPS) is 21.0. The van der Waals surface area contributed by atoms with Gasteiger partial charge in [0.2, 0.25) is 0 Å². The summed E-state index contributed by atoms with van der Waals surface area (Å²) in [7, 11) is 3.41. The van der Waals surface area contributed by atoms with Gasteiger partial charge in [0, 0.05) is 18.8 Å². The van der Waals surface area contributed by atoms with Crippen LogP contribution < -0.4 is 10.1 Å². The minimum atomic E-state index is -0.278. The van der Waals surface area contributed by atoms with Crippen LogP contribution in [-0.2, 0) is 7.05 Å². The van der Waals surface area contributed by atoms with Crippen LogP contribution in [0.1, 0.15) is 40.4 Å². The van der Waals surface area contributed by atoms with Gasteiger partial charge in [-0.25, -0.2) is 0 Å². The molecule has 1 fully saturated rings. The summed E-state index contributed by atoms with van der Waals surface area (Å²) in [4.78, 5) is 12.8. The van der Waals surface area contributed by atoms with Gasteiger partial charge in [-0.3, -0.25) is 9.48 Å². The van der Waals surface area contributed by atoms with Crippen molar-refractivity contribution in [1.29, 1.82) is 0 Å². The summed E-state index contributed by atoms with van der Waals surface area (Å²) in [5.41, 5.74) is 2.50.